The van der Waals surface area contributed by atoms with Crippen LogP contribution in [-0.2, 0) is 14.4 Å². The highest BCUT2D eigenvalue weighted by Gasteiger charge is 2.27. The number of rotatable bonds is 5. The standard InChI is InChI=1S/C9H15NO3/c1-4-6(9(13)10-3)8(12)7(11)5-2/h6H,4-5H2,1-3H3,(H,10,13). The Morgan fingerprint density at radius 2 is 1.77 bits per heavy atom. The van der Waals surface area contributed by atoms with Crippen LogP contribution in [0, 0.1) is 5.92 Å². The predicted octanol–water partition coefficient (Wildman–Crippen LogP) is 0.307. The molecule has 0 aromatic carbocycles. The molecule has 0 aromatic heterocycles. The van der Waals surface area contributed by atoms with Gasteiger partial charge in [0.05, 0.1) is 0 Å². The van der Waals surface area contributed by atoms with Crippen LogP contribution in [0.1, 0.15) is 26.7 Å². The predicted molar refractivity (Wildman–Crippen MR) is 48.2 cm³/mol. The van der Waals surface area contributed by atoms with Gasteiger partial charge in [-0.1, -0.05) is 13.8 Å². The van der Waals surface area contributed by atoms with Crippen LogP contribution < -0.4 is 5.32 Å². The summed E-state index contributed by atoms with van der Waals surface area (Å²) in [5.41, 5.74) is 0. The van der Waals surface area contributed by atoms with Gasteiger partial charge in [-0.15, -0.1) is 0 Å². The van der Waals surface area contributed by atoms with Crippen molar-refractivity contribution in [1.29, 1.82) is 0 Å². The fourth-order valence-corrected chi connectivity index (χ4v) is 1.03. The molecule has 1 amide bonds. The Morgan fingerprint density at radius 1 is 1.23 bits per heavy atom. The molecule has 0 aliphatic heterocycles. The normalized spacial score (nSPS) is 11.9. The van der Waals surface area contributed by atoms with E-state index in [1.165, 1.54) is 7.05 Å². The summed E-state index contributed by atoms with van der Waals surface area (Å²) in [4.78, 5) is 33.4. The summed E-state index contributed by atoms with van der Waals surface area (Å²) in [7, 11) is 1.45. The topological polar surface area (TPSA) is 63.2 Å². The van der Waals surface area contributed by atoms with Crippen molar-refractivity contribution in [3.05, 3.63) is 0 Å². The first kappa shape index (κ1) is 11.8. The van der Waals surface area contributed by atoms with Crippen molar-refractivity contribution in [2.45, 2.75) is 26.7 Å². The number of amides is 1. The Balaban J connectivity index is 4.49. The third-order valence-corrected chi connectivity index (χ3v) is 1.88. The molecule has 0 bridgehead atoms. The number of hydrogen-bond donors (Lipinski definition) is 1. The first-order chi connectivity index (χ1) is 6.08. The monoisotopic (exact) mass is 185 g/mol. The van der Waals surface area contributed by atoms with Gasteiger partial charge in [-0.3, -0.25) is 14.4 Å². The number of carbonyl (C=O) groups is 3. The minimum atomic E-state index is -0.808. The lowest BCUT2D eigenvalue weighted by atomic mass is 9.96. The van der Waals surface area contributed by atoms with E-state index in [1.807, 2.05) is 0 Å². The lowest BCUT2D eigenvalue weighted by Crippen LogP contribution is -2.36. The van der Waals surface area contributed by atoms with Gasteiger partial charge >= 0.3 is 0 Å². The van der Waals surface area contributed by atoms with Crippen molar-refractivity contribution < 1.29 is 14.4 Å². The maximum absolute atomic E-state index is 11.3. The van der Waals surface area contributed by atoms with Gasteiger partial charge < -0.3 is 5.32 Å². The molecule has 1 unspecified atom stereocenters. The Morgan fingerprint density at radius 3 is 2.08 bits per heavy atom. The van der Waals surface area contributed by atoms with E-state index in [-0.39, 0.29) is 12.3 Å². The average Bonchev–Trinajstić information content (AvgIpc) is 2.17. The molecule has 0 aromatic rings. The molecule has 0 saturated carbocycles. The van der Waals surface area contributed by atoms with E-state index in [4.69, 9.17) is 0 Å². The molecule has 0 aliphatic carbocycles. The van der Waals surface area contributed by atoms with E-state index >= 15 is 0 Å². The highest BCUT2D eigenvalue weighted by Crippen LogP contribution is 2.06. The highest BCUT2D eigenvalue weighted by molar-refractivity contribution is 6.41. The van der Waals surface area contributed by atoms with Gasteiger partial charge in [-0.25, -0.2) is 0 Å². The Kier molecular flexibility index (Phi) is 4.96. The molecule has 4 heteroatoms. The molecule has 1 atom stereocenters. The second-order valence-electron chi connectivity index (χ2n) is 2.72. The number of Topliss-reactive ketones (excluding diaryl/α,β-unsaturated/α-hetero) is 2. The summed E-state index contributed by atoms with van der Waals surface area (Å²) in [5, 5.41) is 2.36. The van der Waals surface area contributed by atoms with Crippen molar-refractivity contribution in [3.63, 3.8) is 0 Å². The van der Waals surface area contributed by atoms with E-state index in [9.17, 15) is 14.4 Å². The van der Waals surface area contributed by atoms with Gasteiger partial charge in [0.1, 0.15) is 5.92 Å². The number of nitrogens with one attached hydrogen (secondary N) is 1. The maximum Gasteiger partial charge on any atom is 0.230 e. The van der Waals surface area contributed by atoms with Crippen LogP contribution >= 0.6 is 0 Å². The van der Waals surface area contributed by atoms with E-state index in [0.29, 0.717) is 6.42 Å². The van der Waals surface area contributed by atoms with Crippen molar-refractivity contribution in [3.8, 4) is 0 Å². The second-order valence-corrected chi connectivity index (χ2v) is 2.72. The zero-order chi connectivity index (χ0) is 10.4. The number of carbonyl (C=O) groups excluding carboxylic acids is 3. The molecule has 1 N–H and O–H groups in total. The van der Waals surface area contributed by atoms with E-state index in [0.717, 1.165) is 0 Å². The first-order valence-corrected chi connectivity index (χ1v) is 4.37. The van der Waals surface area contributed by atoms with Gasteiger partial charge in [-0.05, 0) is 6.42 Å². The quantitative estimate of drug-likeness (QED) is 0.495. The molecule has 0 spiro atoms. The van der Waals surface area contributed by atoms with Crippen molar-refractivity contribution >= 4 is 17.5 Å². The Hall–Kier alpha value is -1.19. The van der Waals surface area contributed by atoms with Crippen LogP contribution in [0.4, 0.5) is 0 Å². The molecule has 0 fully saturated rings. The molecular weight excluding hydrogens is 170 g/mol. The van der Waals surface area contributed by atoms with Crippen molar-refractivity contribution in [2.24, 2.45) is 5.92 Å². The molecule has 13 heavy (non-hydrogen) atoms. The van der Waals surface area contributed by atoms with Crippen LogP contribution in [0.3, 0.4) is 0 Å². The molecule has 74 valence electrons. The minimum absolute atomic E-state index is 0.159. The fourth-order valence-electron chi connectivity index (χ4n) is 1.03. The first-order valence-electron chi connectivity index (χ1n) is 4.37. The van der Waals surface area contributed by atoms with E-state index < -0.39 is 17.5 Å². The van der Waals surface area contributed by atoms with E-state index in [2.05, 4.69) is 5.32 Å². The third kappa shape index (κ3) is 2.97. The van der Waals surface area contributed by atoms with Crippen LogP contribution in [0.5, 0.6) is 0 Å². The Labute approximate surface area is 77.7 Å². The zero-order valence-corrected chi connectivity index (χ0v) is 8.22. The molecule has 0 heterocycles. The fraction of sp³-hybridized carbons (Fsp3) is 0.667. The average molecular weight is 185 g/mol. The lowest BCUT2D eigenvalue weighted by Gasteiger charge is -2.09. The maximum atomic E-state index is 11.3. The summed E-state index contributed by atoms with van der Waals surface area (Å²) >= 11 is 0. The van der Waals surface area contributed by atoms with Gasteiger partial charge in [0, 0.05) is 13.5 Å². The summed E-state index contributed by atoms with van der Waals surface area (Å²) in [6.45, 7) is 3.32. The zero-order valence-electron chi connectivity index (χ0n) is 8.22. The highest BCUT2D eigenvalue weighted by atomic mass is 16.2. The Bertz CT molecular complexity index is 223. The van der Waals surface area contributed by atoms with Crippen LogP contribution in [-0.4, -0.2) is 24.5 Å². The van der Waals surface area contributed by atoms with Gasteiger partial charge in [0.15, 0.2) is 5.78 Å². The molecule has 4 nitrogen and oxygen atoms in total. The summed E-state index contributed by atoms with van der Waals surface area (Å²) in [6.07, 6.45) is 0.524. The third-order valence-electron chi connectivity index (χ3n) is 1.88. The van der Waals surface area contributed by atoms with Gasteiger partial charge in [0.25, 0.3) is 0 Å². The summed E-state index contributed by atoms with van der Waals surface area (Å²) in [6, 6.07) is 0. The minimum Gasteiger partial charge on any atom is -0.359 e. The molecule has 0 rings (SSSR count). The van der Waals surface area contributed by atoms with Crippen molar-refractivity contribution in [2.75, 3.05) is 7.05 Å². The van der Waals surface area contributed by atoms with E-state index in [1.54, 1.807) is 13.8 Å². The number of hydrogen-bond acceptors (Lipinski definition) is 3. The lowest BCUT2D eigenvalue weighted by molar-refractivity contribution is -0.143. The van der Waals surface area contributed by atoms with Crippen LogP contribution in [0.25, 0.3) is 0 Å². The second kappa shape index (κ2) is 5.45. The summed E-state index contributed by atoms with van der Waals surface area (Å²) in [5.74, 6) is -2.24. The van der Waals surface area contributed by atoms with Crippen LogP contribution in [0.2, 0.25) is 0 Å². The summed E-state index contributed by atoms with van der Waals surface area (Å²) < 4.78 is 0. The molecule has 0 saturated heterocycles. The van der Waals surface area contributed by atoms with Gasteiger partial charge in [-0.2, -0.15) is 0 Å². The molecule has 0 radical (unpaired) electrons. The van der Waals surface area contributed by atoms with Crippen molar-refractivity contribution in [1.82, 2.24) is 5.32 Å². The van der Waals surface area contributed by atoms with Gasteiger partial charge in [0.2, 0.25) is 11.7 Å². The largest absolute Gasteiger partial charge is 0.359 e. The smallest absolute Gasteiger partial charge is 0.230 e. The number of ketones is 2. The SMILES string of the molecule is CCC(=O)C(=O)C(CC)C(=O)NC. The molecular formula is C9H15NO3. The van der Waals surface area contributed by atoms with Crippen LogP contribution in [0.15, 0.2) is 0 Å². The molecule has 0 aliphatic rings.